The number of alkyl halides is 3. The van der Waals surface area contributed by atoms with Crippen LogP contribution < -0.4 is 0 Å². The lowest BCUT2D eigenvalue weighted by Crippen LogP contribution is -2.23. The van der Waals surface area contributed by atoms with Gasteiger partial charge in [0.1, 0.15) is 11.1 Å². The Bertz CT molecular complexity index is 947. The molecular weight excluding hydrogens is 418 g/mol. The molecule has 0 saturated heterocycles. The Balaban J connectivity index is 2.29. The largest absolute Gasteiger partial charge is 0.435 e. The van der Waals surface area contributed by atoms with Crippen molar-refractivity contribution in [3.8, 4) is 6.07 Å². The number of carbonyl (C=O) groups is 2. The first-order chi connectivity index (χ1) is 13.0. The van der Waals surface area contributed by atoms with Gasteiger partial charge in [-0.05, 0) is 30.7 Å². The third kappa shape index (κ3) is 4.54. The van der Waals surface area contributed by atoms with Crippen molar-refractivity contribution in [2.24, 2.45) is 18.9 Å². The molecule has 148 valence electrons. The van der Waals surface area contributed by atoms with Gasteiger partial charge in [0.2, 0.25) is 0 Å². The van der Waals surface area contributed by atoms with Crippen LogP contribution in [0, 0.1) is 23.2 Å². The van der Waals surface area contributed by atoms with Gasteiger partial charge in [0.25, 0.3) is 0 Å². The first-order valence-electron chi connectivity index (χ1n) is 8.00. The van der Waals surface area contributed by atoms with E-state index in [1.165, 1.54) is 31.2 Å². The SMILES string of the molecule is CC(CC(C#N)C(=O)c1c(C(F)(F)F)nn(C)c1Cl)C(=O)c1ccc(Cl)cc1. The van der Waals surface area contributed by atoms with Crippen molar-refractivity contribution in [1.82, 2.24) is 9.78 Å². The van der Waals surface area contributed by atoms with Crippen LogP contribution >= 0.6 is 23.2 Å². The normalized spacial score (nSPS) is 13.6. The van der Waals surface area contributed by atoms with Crippen LogP contribution in [-0.4, -0.2) is 21.3 Å². The number of ketones is 2. The highest BCUT2D eigenvalue weighted by molar-refractivity contribution is 6.33. The first-order valence-corrected chi connectivity index (χ1v) is 8.76. The number of hydrogen-bond donors (Lipinski definition) is 0. The first kappa shape index (κ1) is 21.9. The van der Waals surface area contributed by atoms with Crippen molar-refractivity contribution in [2.75, 3.05) is 0 Å². The monoisotopic (exact) mass is 431 g/mol. The van der Waals surface area contributed by atoms with E-state index in [9.17, 15) is 28.0 Å². The molecule has 0 aliphatic carbocycles. The number of aryl methyl sites for hydroxylation is 1. The Labute approximate surface area is 168 Å². The smallest absolute Gasteiger partial charge is 0.294 e. The number of Topliss-reactive ketones (excluding diaryl/α,β-unsaturated/α-hetero) is 2. The molecular formula is C18H14Cl2F3N3O2. The minimum absolute atomic E-state index is 0.265. The molecule has 1 aromatic carbocycles. The van der Waals surface area contributed by atoms with Gasteiger partial charge in [-0.3, -0.25) is 14.3 Å². The van der Waals surface area contributed by atoms with Crippen LogP contribution in [0.25, 0.3) is 0 Å². The highest BCUT2D eigenvalue weighted by atomic mass is 35.5. The summed E-state index contributed by atoms with van der Waals surface area (Å²) in [6.07, 6.45) is -5.18. The molecule has 0 aliphatic heterocycles. The molecule has 0 saturated carbocycles. The zero-order chi connectivity index (χ0) is 21.2. The van der Waals surface area contributed by atoms with Crippen molar-refractivity contribution >= 4 is 34.8 Å². The van der Waals surface area contributed by atoms with E-state index in [1.807, 2.05) is 0 Å². The molecule has 1 aromatic heterocycles. The van der Waals surface area contributed by atoms with Crippen molar-refractivity contribution in [2.45, 2.75) is 19.5 Å². The Hall–Kier alpha value is -2.37. The number of nitrogens with zero attached hydrogens (tertiary/aromatic N) is 3. The predicted octanol–water partition coefficient (Wildman–Crippen LogP) is 4.98. The van der Waals surface area contributed by atoms with Crippen molar-refractivity contribution in [1.29, 1.82) is 5.26 Å². The fourth-order valence-corrected chi connectivity index (χ4v) is 3.02. The van der Waals surface area contributed by atoms with Crippen LogP contribution in [0.4, 0.5) is 13.2 Å². The molecule has 1 heterocycles. The molecule has 0 N–H and O–H groups in total. The van der Waals surface area contributed by atoms with Crippen LogP contribution in [0.3, 0.4) is 0 Å². The maximum Gasteiger partial charge on any atom is 0.435 e. The van der Waals surface area contributed by atoms with Crippen LogP contribution in [0.15, 0.2) is 24.3 Å². The molecule has 0 amide bonds. The second kappa shape index (κ2) is 8.33. The minimum Gasteiger partial charge on any atom is -0.294 e. The van der Waals surface area contributed by atoms with Crippen molar-refractivity contribution in [3.05, 3.63) is 51.3 Å². The number of nitriles is 1. The summed E-state index contributed by atoms with van der Waals surface area (Å²) in [6, 6.07) is 7.68. The molecule has 0 radical (unpaired) electrons. The molecule has 2 unspecified atom stereocenters. The molecule has 28 heavy (non-hydrogen) atoms. The Morgan fingerprint density at radius 2 is 1.79 bits per heavy atom. The van der Waals surface area contributed by atoms with Gasteiger partial charge in [0, 0.05) is 23.6 Å². The molecule has 0 fully saturated rings. The number of aromatic nitrogens is 2. The quantitative estimate of drug-likeness (QED) is 0.604. The second-order valence-corrected chi connectivity index (χ2v) is 6.98. The fraction of sp³-hybridized carbons (Fsp3) is 0.333. The maximum absolute atomic E-state index is 13.2. The second-order valence-electron chi connectivity index (χ2n) is 6.19. The van der Waals surface area contributed by atoms with Gasteiger partial charge in [-0.1, -0.05) is 30.1 Å². The summed E-state index contributed by atoms with van der Waals surface area (Å²) >= 11 is 11.6. The van der Waals surface area contributed by atoms with Crippen LogP contribution in [0.1, 0.15) is 39.8 Å². The fourth-order valence-electron chi connectivity index (χ4n) is 2.67. The van der Waals surface area contributed by atoms with Gasteiger partial charge in [0.15, 0.2) is 17.3 Å². The van der Waals surface area contributed by atoms with E-state index in [4.69, 9.17) is 23.2 Å². The Kier molecular flexibility index (Phi) is 6.52. The summed E-state index contributed by atoms with van der Waals surface area (Å²) < 4.78 is 40.3. The number of benzene rings is 1. The van der Waals surface area contributed by atoms with Gasteiger partial charge in [-0.2, -0.15) is 23.5 Å². The average Bonchev–Trinajstić information content (AvgIpc) is 2.94. The van der Waals surface area contributed by atoms with E-state index in [0.717, 1.165) is 7.05 Å². The Morgan fingerprint density at radius 3 is 2.29 bits per heavy atom. The molecule has 2 aromatic rings. The lowest BCUT2D eigenvalue weighted by atomic mass is 9.86. The molecule has 10 heteroatoms. The summed E-state index contributed by atoms with van der Waals surface area (Å²) in [5, 5.41) is 12.5. The van der Waals surface area contributed by atoms with E-state index in [0.29, 0.717) is 15.3 Å². The highest BCUT2D eigenvalue weighted by Gasteiger charge is 2.42. The van der Waals surface area contributed by atoms with E-state index in [1.54, 1.807) is 6.07 Å². The highest BCUT2D eigenvalue weighted by Crippen LogP contribution is 2.36. The third-order valence-corrected chi connectivity index (χ3v) is 4.82. The van der Waals surface area contributed by atoms with E-state index < -0.39 is 40.2 Å². The third-order valence-electron chi connectivity index (χ3n) is 4.13. The van der Waals surface area contributed by atoms with Crippen LogP contribution in [0.5, 0.6) is 0 Å². The van der Waals surface area contributed by atoms with Gasteiger partial charge in [-0.15, -0.1) is 0 Å². The lowest BCUT2D eigenvalue weighted by molar-refractivity contribution is -0.141. The van der Waals surface area contributed by atoms with Crippen LogP contribution in [0.2, 0.25) is 10.2 Å². The predicted molar refractivity (Wildman–Crippen MR) is 96.2 cm³/mol. The molecule has 2 atom stereocenters. The zero-order valence-corrected chi connectivity index (χ0v) is 16.2. The van der Waals surface area contributed by atoms with Gasteiger partial charge < -0.3 is 0 Å². The van der Waals surface area contributed by atoms with Gasteiger partial charge in [0.05, 0.1) is 11.6 Å². The molecule has 2 rings (SSSR count). The molecule has 0 aliphatic rings. The number of hydrogen-bond acceptors (Lipinski definition) is 4. The van der Waals surface area contributed by atoms with Crippen molar-refractivity contribution < 1.29 is 22.8 Å². The standard InChI is InChI=1S/C18H14Cl2F3N3O2/c1-9(14(27)10-3-5-12(19)6-4-10)7-11(8-24)15(28)13-16(18(21,22)23)25-26(2)17(13)20/h3-6,9,11H,7H2,1-2H3. The molecule has 0 spiro atoms. The summed E-state index contributed by atoms with van der Waals surface area (Å²) in [5.41, 5.74) is -2.01. The number of carbonyl (C=O) groups excluding carboxylic acids is 2. The lowest BCUT2D eigenvalue weighted by Gasteiger charge is -2.15. The summed E-state index contributed by atoms with van der Waals surface area (Å²) in [4.78, 5) is 25.1. The zero-order valence-electron chi connectivity index (χ0n) is 14.7. The molecule has 0 bridgehead atoms. The average molecular weight is 432 g/mol. The van der Waals surface area contributed by atoms with E-state index in [2.05, 4.69) is 5.10 Å². The summed E-state index contributed by atoms with van der Waals surface area (Å²) in [7, 11) is 1.16. The maximum atomic E-state index is 13.2. The Morgan fingerprint density at radius 1 is 1.21 bits per heavy atom. The van der Waals surface area contributed by atoms with Crippen LogP contribution in [-0.2, 0) is 13.2 Å². The molecule has 5 nitrogen and oxygen atoms in total. The van der Waals surface area contributed by atoms with E-state index in [-0.39, 0.29) is 12.2 Å². The summed E-state index contributed by atoms with van der Waals surface area (Å²) in [5.74, 6) is -3.77. The number of halogens is 5. The van der Waals surface area contributed by atoms with Crippen molar-refractivity contribution in [3.63, 3.8) is 0 Å². The van der Waals surface area contributed by atoms with E-state index >= 15 is 0 Å². The number of rotatable bonds is 6. The topological polar surface area (TPSA) is 75.8 Å². The summed E-state index contributed by atoms with van der Waals surface area (Å²) in [6.45, 7) is 1.49. The van der Waals surface area contributed by atoms with Gasteiger partial charge >= 0.3 is 6.18 Å². The minimum atomic E-state index is -4.92. The van der Waals surface area contributed by atoms with Gasteiger partial charge in [-0.25, -0.2) is 0 Å².